The quantitative estimate of drug-likeness (QED) is 0.0836. The number of nitrogens with one attached hydrogen (secondary N) is 1. The fraction of sp³-hybridized carbons (Fsp3) is 0.240. The fourth-order valence-electron chi connectivity index (χ4n) is 10.5. The summed E-state index contributed by atoms with van der Waals surface area (Å²) in [6.45, 7) is 0. The number of carbonyl (C=O) groups excluding carboxylic acids is 4. The molecule has 6 unspecified atom stereocenters. The van der Waals surface area contributed by atoms with Crippen molar-refractivity contribution in [1.82, 2.24) is 5.01 Å². The smallest absolute Gasteiger partial charge is 0.260 e. The van der Waals surface area contributed by atoms with Crippen LogP contribution in [0, 0.1) is 29.6 Å². The van der Waals surface area contributed by atoms with E-state index in [1.54, 1.807) is 86.2 Å². The predicted molar refractivity (Wildman–Crippen MR) is 246 cm³/mol. The normalized spacial score (nSPS) is 24.5. The number of imide groups is 2. The van der Waals surface area contributed by atoms with Crippen molar-refractivity contribution < 1.29 is 33.8 Å². The van der Waals surface area contributed by atoms with Crippen molar-refractivity contribution in [2.45, 2.75) is 24.7 Å². The molecule has 0 spiro atoms. The number of phenolic OH excluding ortho intramolecular Hbond substituents is 1. The Kier molecular flexibility index (Phi) is 10.5. The summed E-state index contributed by atoms with van der Waals surface area (Å²) in [5.74, 6) is -4.66. The van der Waals surface area contributed by atoms with Crippen molar-refractivity contribution in [1.29, 1.82) is 0 Å². The number of phenols is 1. The molecular formula is C50H42Cl2N6O7. The van der Waals surface area contributed by atoms with Gasteiger partial charge in [0.25, 0.3) is 11.8 Å². The number of hydrogen-bond donors (Lipinski definition) is 2. The van der Waals surface area contributed by atoms with Crippen LogP contribution in [0.25, 0.3) is 0 Å². The van der Waals surface area contributed by atoms with Crippen LogP contribution in [0.4, 0.5) is 28.4 Å². The van der Waals surface area contributed by atoms with Crippen molar-refractivity contribution in [3.05, 3.63) is 154 Å². The molecule has 5 aliphatic rings. The van der Waals surface area contributed by atoms with Crippen LogP contribution < -0.4 is 24.7 Å². The molecule has 3 fully saturated rings. The second-order valence-electron chi connectivity index (χ2n) is 17.1. The van der Waals surface area contributed by atoms with Gasteiger partial charge in [0.1, 0.15) is 17.2 Å². The average molecular weight is 910 g/mol. The van der Waals surface area contributed by atoms with Gasteiger partial charge in [0, 0.05) is 42.7 Å². The van der Waals surface area contributed by atoms with Crippen LogP contribution in [0.15, 0.2) is 143 Å². The van der Waals surface area contributed by atoms with Gasteiger partial charge in [-0.15, -0.1) is 0 Å². The van der Waals surface area contributed by atoms with Crippen molar-refractivity contribution >= 4 is 75.3 Å². The van der Waals surface area contributed by atoms with E-state index in [9.17, 15) is 14.7 Å². The zero-order chi connectivity index (χ0) is 45.3. The first kappa shape index (κ1) is 42.0. The molecule has 5 aromatic carbocycles. The number of nitrogens with zero attached hydrogens (tertiary/aromatic N) is 5. The van der Waals surface area contributed by atoms with Crippen LogP contribution in [0.3, 0.4) is 0 Å². The lowest BCUT2D eigenvalue weighted by atomic mass is 9.48. The van der Waals surface area contributed by atoms with Crippen LogP contribution >= 0.6 is 23.2 Å². The Labute approximate surface area is 384 Å². The molecule has 2 N–H and O–H groups in total. The summed E-state index contributed by atoms with van der Waals surface area (Å²) in [5, 5.41) is 20.9. The number of amides is 4. The number of carbonyl (C=O) groups is 4. The standard InChI is InChI=1S/C50H42Cl2N6O7/c1-56(2)33-11-7-31(8-12-33)53-54-32-9-13-34(14-10-32)57-46(60)38-19-18-37-39(44(38)48(57)62)25-40-47(61)58(55-42-20-6-30(51)24-41(42)52)49(63)50(40,29-4-16-36(64-3)17-5-29)45(37)28-22-27-23-35(59)15-21-43(27)65-26-28/h4-18,20-21,23-24,26,38-40,44-45,55,59H,19,22,25H2,1-3H3. The molecule has 10 rings (SSSR count). The molecule has 13 nitrogen and oxygen atoms in total. The summed E-state index contributed by atoms with van der Waals surface area (Å²) in [7, 11) is 5.47. The molecular weight excluding hydrogens is 867 g/mol. The number of anilines is 3. The number of ether oxygens (including phenoxy) is 2. The first-order valence-corrected chi connectivity index (χ1v) is 21.9. The zero-order valence-corrected chi connectivity index (χ0v) is 37.0. The Bertz CT molecular complexity index is 2880. The van der Waals surface area contributed by atoms with Crippen LogP contribution in [0.2, 0.25) is 10.0 Å². The van der Waals surface area contributed by atoms with E-state index in [1.165, 1.54) is 17.0 Å². The Balaban J connectivity index is 1.05. The minimum atomic E-state index is -1.57. The molecule has 4 amide bonds. The predicted octanol–water partition coefficient (Wildman–Crippen LogP) is 9.73. The van der Waals surface area contributed by atoms with Gasteiger partial charge in [0.05, 0.1) is 64.3 Å². The lowest BCUT2D eigenvalue weighted by molar-refractivity contribution is -0.139. The number of fused-ring (bicyclic) bond motifs is 5. The highest BCUT2D eigenvalue weighted by Gasteiger charge is 2.71. The summed E-state index contributed by atoms with van der Waals surface area (Å²) in [6, 6.07) is 31.1. The summed E-state index contributed by atoms with van der Waals surface area (Å²) < 4.78 is 11.8. The third kappa shape index (κ3) is 6.92. The minimum Gasteiger partial charge on any atom is -0.508 e. The highest BCUT2D eigenvalue weighted by molar-refractivity contribution is 6.36. The number of rotatable bonds is 9. The van der Waals surface area contributed by atoms with Gasteiger partial charge in [-0.05, 0) is 127 Å². The molecule has 328 valence electrons. The molecule has 5 aromatic rings. The van der Waals surface area contributed by atoms with Crippen molar-refractivity contribution in [3.63, 3.8) is 0 Å². The Morgan fingerprint density at radius 3 is 2.22 bits per heavy atom. The van der Waals surface area contributed by atoms with Gasteiger partial charge in [0.15, 0.2) is 0 Å². The molecule has 1 saturated carbocycles. The summed E-state index contributed by atoms with van der Waals surface area (Å²) in [5.41, 5.74) is 7.05. The molecule has 0 aromatic heterocycles. The Hall–Kier alpha value is -6.96. The number of methoxy groups -OCH3 is 1. The Morgan fingerprint density at radius 1 is 0.831 bits per heavy atom. The van der Waals surface area contributed by atoms with Crippen molar-refractivity contribution in [3.8, 4) is 17.2 Å². The number of azo groups is 1. The van der Waals surface area contributed by atoms with Gasteiger partial charge in [-0.2, -0.15) is 15.2 Å². The van der Waals surface area contributed by atoms with E-state index >= 15 is 9.59 Å². The number of hydrogen-bond acceptors (Lipinski definition) is 11. The highest BCUT2D eigenvalue weighted by Crippen LogP contribution is 2.63. The van der Waals surface area contributed by atoms with E-state index in [0.717, 1.165) is 16.3 Å². The maximum atomic E-state index is 15.7. The summed E-state index contributed by atoms with van der Waals surface area (Å²) >= 11 is 12.9. The largest absolute Gasteiger partial charge is 0.508 e. The molecule has 2 aliphatic carbocycles. The number of hydrazine groups is 1. The maximum absolute atomic E-state index is 15.7. The Morgan fingerprint density at radius 2 is 1.54 bits per heavy atom. The van der Waals surface area contributed by atoms with Gasteiger partial charge >= 0.3 is 0 Å². The zero-order valence-electron chi connectivity index (χ0n) is 35.4. The topological polar surface area (TPSA) is 153 Å². The second-order valence-corrected chi connectivity index (χ2v) is 18.0. The molecule has 0 bridgehead atoms. The van der Waals surface area contributed by atoms with Gasteiger partial charge in [0.2, 0.25) is 11.8 Å². The molecule has 3 heterocycles. The van der Waals surface area contributed by atoms with Crippen LogP contribution in [-0.2, 0) is 31.0 Å². The van der Waals surface area contributed by atoms with E-state index in [0.29, 0.717) is 50.3 Å². The number of halogens is 2. The van der Waals surface area contributed by atoms with Gasteiger partial charge in [-0.25, -0.2) is 0 Å². The highest BCUT2D eigenvalue weighted by atomic mass is 35.5. The van der Waals surface area contributed by atoms with E-state index in [2.05, 4.69) is 15.7 Å². The second kappa shape index (κ2) is 16.2. The molecule has 2 saturated heterocycles. The van der Waals surface area contributed by atoms with Crippen molar-refractivity contribution in [2.24, 2.45) is 39.8 Å². The molecule has 0 radical (unpaired) electrons. The average Bonchev–Trinajstić information content (AvgIpc) is 3.69. The maximum Gasteiger partial charge on any atom is 0.260 e. The molecule has 65 heavy (non-hydrogen) atoms. The van der Waals surface area contributed by atoms with E-state index in [-0.39, 0.29) is 47.5 Å². The number of allylic oxidation sites excluding steroid dienone is 3. The molecule has 6 atom stereocenters. The van der Waals surface area contributed by atoms with E-state index in [4.69, 9.17) is 32.7 Å². The monoisotopic (exact) mass is 908 g/mol. The minimum absolute atomic E-state index is 0.0427. The molecule has 15 heteroatoms. The first-order valence-electron chi connectivity index (χ1n) is 21.2. The number of aromatic hydroxyl groups is 1. The summed E-state index contributed by atoms with van der Waals surface area (Å²) in [4.78, 5) is 63.5. The van der Waals surface area contributed by atoms with Crippen LogP contribution in [0.1, 0.15) is 24.0 Å². The van der Waals surface area contributed by atoms with Crippen molar-refractivity contribution in [2.75, 3.05) is 36.4 Å². The van der Waals surface area contributed by atoms with Gasteiger partial charge < -0.3 is 19.5 Å². The third-order valence-corrected chi connectivity index (χ3v) is 14.0. The SMILES string of the molecule is COc1ccc(C23C(=O)N(Nc4ccc(Cl)cc4Cl)C(=O)C2CC2C(=CCC4C(=O)N(c5ccc(N=Nc6ccc(N(C)C)cc6)cc5)C(=O)C42)C3C2=COc3ccc(O)cc3C2)cc1. The van der Waals surface area contributed by atoms with E-state index < -0.39 is 46.8 Å². The molecule has 3 aliphatic heterocycles. The van der Waals surface area contributed by atoms with Gasteiger partial charge in [-0.3, -0.25) is 29.5 Å². The van der Waals surface area contributed by atoms with E-state index in [1.807, 2.05) is 49.3 Å². The first-order chi connectivity index (χ1) is 31.4. The fourth-order valence-corrected chi connectivity index (χ4v) is 11.0. The van der Waals surface area contributed by atoms with Gasteiger partial charge in [-0.1, -0.05) is 47.0 Å². The third-order valence-electron chi connectivity index (χ3n) is 13.5. The lowest BCUT2D eigenvalue weighted by Crippen LogP contribution is -2.55. The number of benzene rings is 5. The summed E-state index contributed by atoms with van der Waals surface area (Å²) in [6.07, 6.45) is 4.19. The van der Waals surface area contributed by atoms with Crippen LogP contribution in [-0.4, -0.2) is 54.9 Å². The lowest BCUT2D eigenvalue weighted by Gasteiger charge is -2.51. The van der Waals surface area contributed by atoms with Crippen LogP contribution in [0.5, 0.6) is 17.2 Å².